The number of pyridine rings is 1. The molecule has 0 saturated heterocycles. The normalized spacial score (nSPS) is 14.2. The summed E-state index contributed by atoms with van der Waals surface area (Å²) in [7, 11) is 0. The number of nitrogens with zero attached hydrogens (tertiary/aromatic N) is 5. The van der Waals surface area contributed by atoms with Crippen molar-refractivity contribution in [2.75, 3.05) is 11.9 Å². The summed E-state index contributed by atoms with van der Waals surface area (Å²) in [5.41, 5.74) is 5.50. The summed E-state index contributed by atoms with van der Waals surface area (Å²) in [6, 6.07) is 25.7. The van der Waals surface area contributed by atoms with E-state index in [1.54, 1.807) is 12.4 Å². The summed E-state index contributed by atoms with van der Waals surface area (Å²) in [4.78, 5) is 27.7. The monoisotopic (exact) mass is 525 g/mol. The molecule has 1 aliphatic heterocycles. The minimum absolute atomic E-state index is 0.0683. The van der Waals surface area contributed by atoms with Gasteiger partial charge < -0.3 is 10.6 Å². The van der Waals surface area contributed by atoms with Crippen LogP contribution in [-0.2, 0) is 12.0 Å². The molecule has 0 unspecified atom stereocenters. The van der Waals surface area contributed by atoms with Gasteiger partial charge in [-0.2, -0.15) is 9.78 Å². The van der Waals surface area contributed by atoms with Crippen LogP contribution in [0.1, 0.15) is 25.0 Å². The minimum atomic E-state index is -0.292. The number of hydrogen-bond acceptors (Lipinski definition) is 7. The lowest BCUT2D eigenvalue weighted by Crippen LogP contribution is -2.38. The number of fused-ring (bicyclic) bond motifs is 3. The molecule has 0 radical (unpaired) electrons. The molecule has 0 atom stereocenters. The van der Waals surface area contributed by atoms with Gasteiger partial charge in [0.15, 0.2) is 0 Å². The van der Waals surface area contributed by atoms with Crippen molar-refractivity contribution in [3.05, 3.63) is 113 Å². The predicted octanol–water partition coefficient (Wildman–Crippen LogP) is 5.52. The van der Waals surface area contributed by atoms with Crippen LogP contribution in [0, 0.1) is 0 Å². The van der Waals surface area contributed by atoms with E-state index in [2.05, 4.69) is 52.6 Å². The Bertz CT molecular complexity index is 1960. The van der Waals surface area contributed by atoms with Crippen LogP contribution in [0.2, 0.25) is 0 Å². The highest BCUT2D eigenvalue weighted by Gasteiger charge is 2.27. The van der Waals surface area contributed by atoms with Crippen molar-refractivity contribution in [1.82, 2.24) is 30.0 Å². The van der Waals surface area contributed by atoms with Crippen molar-refractivity contribution in [2.24, 2.45) is 0 Å². The molecule has 0 bridgehead atoms. The van der Waals surface area contributed by atoms with E-state index in [1.165, 1.54) is 15.8 Å². The Balaban J connectivity index is 1.38. The first-order valence-corrected chi connectivity index (χ1v) is 13.3. The second-order valence-corrected chi connectivity index (χ2v) is 10.7. The van der Waals surface area contributed by atoms with Crippen molar-refractivity contribution in [1.29, 1.82) is 0 Å². The summed E-state index contributed by atoms with van der Waals surface area (Å²) in [5.74, 6) is 0.386. The average molecular weight is 526 g/mol. The Morgan fingerprint density at radius 2 is 1.77 bits per heavy atom. The molecule has 3 aromatic carbocycles. The number of rotatable bonds is 4. The molecular weight excluding hydrogens is 498 g/mol. The topological polar surface area (TPSA) is 97.6 Å². The van der Waals surface area contributed by atoms with Gasteiger partial charge in [-0.25, -0.2) is 9.97 Å². The van der Waals surface area contributed by atoms with Gasteiger partial charge in [0.25, 0.3) is 5.56 Å². The number of nitrogens with one attached hydrogen (secondary N) is 2. The third-order valence-electron chi connectivity index (χ3n) is 7.51. The molecule has 8 heteroatoms. The average Bonchev–Trinajstić information content (AvgIpc) is 2.97. The van der Waals surface area contributed by atoms with E-state index in [0.717, 1.165) is 29.5 Å². The highest BCUT2D eigenvalue weighted by Crippen LogP contribution is 2.32. The quantitative estimate of drug-likeness (QED) is 0.313. The summed E-state index contributed by atoms with van der Waals surface area (Å²) >= 11 is 0. The van der Waals surface area contributed by atoms with Gasteiger partial charge in [0, 0.05) is 42.0 Å². The zero-order valence-corrected chi connectivity index (χ0v) is 22.2. The molecule has 196 valence electrons. The van der Waals surface area contributed by atoms with Crippen molar-refractivity contribution >= 4 is 33.3 Å². The molecule has 40 heavy (non-hydrogen) atoms. The smallest absolute Gasteiger partial charge is 0.282 e. The predicted molar refractivity (Wildman–Crippen MR) is 158 cm³/mol. The molecule has 0 amide bonds. The maximum Gasteiger partial charge on any atom is 0.282 e. The highest BCUT2D eigenvalue weighted by atomic mass is 16.1. The van der Waals surface area contributed by atoms with Gasteiger partial charge >= 0.3 is 0 Å². The van der Waals surface area contributed by atoms with Crippen LogP contribution in [0.25, 0.3) is 38.8 Å². The van der Waals surface area contributed by atoms with Crippen LogP contribution >= 0.6 is 0 Å². The van der Waals surface area contributed by atoms with Gasteiger partial charge in [-0.05, 0) is 46.8 Å². The molecule has 0 spiro atoms. The second-order valence-electron chi connectivity index (χ2n) is 10.7. The van der Waals surface area contributed by atoms with Crippen molar-refractivity contribution in [2.45, 2.75) is 25.8 Å². The maximum absolute atomic E-state index is 13.8. The maximum atomic E-state index is 13.8. The van der Waals surface area contributed by atoms with Gasteiger partial charge in [-0.3, -0.25) is 9.78 Å². The molecule has 8 nitrogen and oxygen atoms in total. The van der Waals surface area contributed by atoms with Crippen molar-refractivity contribution in [3.8, 4) is 17.1 Å². The molecule has 4 heterocycles. The molecule has 7 rings (SSSR count). The number of aromatic nitrogens is 5. The van der Waals surface area contributed by atoms with E-state index in [4.69, 9.17) is 10.1 Å². The van der Waals surface area contributed by atoms with E-state index >= 15 is 0 Å². The number of benzene rings is 3. The Kier molecular flexibility index (Phi) is 5.64. The van der Waals surface area contributed by atoms with Crippen LogP contribution in [-0.4, -0.2) is 31.3 Å². The van der Waals surface area contributed by atoms with E-state index in [1.807, 2.05) is 60.7 Å². The van der Waals surface area contributed by atoms with Gasteiger partial charge in [0.2, 0.25) is 5.95 Å². The van der Waals surface area contributed by atoms with Gasteiger partial charge in [-0.15, -0.1) is 0 Å². The molecule has 0 fully saturated rings. The molecule has 0 saturated carbocycles. The molecule has 6 aromatic rings. The largest absolute Gasteiger partial charge is 0.324 e. The fourth-order valence-electron chi connectivity index (χ4n) is 5.53. The molecule has 0 aliphatic carbocycles. The van der Waals surface area contributed by atoms with Crippen LogP contribution in [0.4, 0.5) is 11.6 Å². The third kappa shape index (κ3) is 4.10. The number of anilines is 2. The van der Waals surface area contributed by atoms with Crippen LogP contribution < -0.4 is 16.2 Å². The van der Waals surface area contributed by atoms with E-state index < -0.39 is 0 Å². The zero-order chi connectivity index (χ0) is 27.3. The zero-order valence-electron chi connectivity index (χ0n) is 22.2. The first-order valence-electron chi connectivity index (χ1n) is 13.3. The summed E-state index contributed by atoms with van der Waals surface area (Å²) in [6.45, 7) is 6.25. The number of hydrogen-bond donors (Lipinski definition) is 2. The fourth-order valence-corrected chi connectivity index (χ4v) is 5.53. The Hall–Kier alpha value is -4.95. The van der Waals surface area contributed by atoms with E-state index in [-0.39, 0.29) is 11.0 Å². The van der Waals surface area contributed by atoms with Crippen LogP contribution in [0.15, 0.2) is 96.1 Å². The summed E-state index contributed by atoms with van der Waals surface area (Å²) in [5, 5.41) is 14.0. The lowest BCUT2D eigenvalue weighted by Gasteiger charge is -2.33. The fraction of sp³-hybridized carbons (Fsp3) is 0.156. The molecular formula is C32H27N7O. The minimum Gasteiger partial charge on any atom is -0.324 e. The second kappa shape index (κ2) is 9.36. The van der Waals surface area contributed by atoms with Crippen LogP contribution in [0.3, 0.4) is 0 Å². The first-order chi connectivity index (χ1) is 19.5. The Morgan fingerprint density at radius 3 is 2.65 bits per heavy atom. The molecule has 3 aromatic heterocycles. The molecule has 2 N–H and O–H groups in total. The Morgan fingerprint density at radius 1 is 0.925 bits per heavy atom. The van der Waals surface area contributed by atoms with Crippen molar-refractivity contribution in [3.63, 3.8) is 0 Å². The Labute approximate surface area is 230 Å². The van der Waals surface area contributed by atoms with E-state index in [0.29, 0.717) is 33.9 Å². The standard InChI is InChI=1S/C32H27N7O/c1-32(2)19-33-17-21-16-22(13-14-25(21)32)36-31-35-18-24-28(37-31)29(26-11-5-6-15-34-26)38-39(30(24)40)27-12-7-9-20-8-3-4-10-23(20)27/h3-16,18,33H,17,19H2,1-2H3,(H,35,36,37). The van der Waals surface area contributed by atoms with Gasteiger partial charge in [0.1, 0.15) is 11.2 Å². The molecule has 1 aliphatic rings. The van der Waals surface area contributed by atoms with Gasteiger partial charge in [0.05, 0.1) is 16.8 Å². The van der Waals surface area contributed by atoms with Crippen molar-refractivity contribution < 1.29 is 0 Å². The first kappa shape index (κ1) is 24.1. The van der Waals surface area contributed by atoms with E-state index in [9.17, 15) is 4.79 Å². The lowest BCUT2D eigenvalue weighted by molar-refractivity contribution is 0.435. The van der Waals surface area contributed by atoms with Crippen LogP contribution in [0.5, 0.6) is 0 Å². The lowest BCUT2D eigenvalue weighted by atomic mass is 9.79. The SMILES string of the molecule is CC1(C)CNCc2cc(Nc3ncc4c(=O)n(-c5cccc6ccccc56)nc(-c5ccccn5)c4n3)ccc21. The third-order valence-corrected chi connectivity index (χ3v) is 7.51. The summed E-state index contributed by atoms with van der Waals surface area (Å²) < 4.78 is 1.43. The highest BCUT2D eigenvalue weighted by molar-refractivity contribution is 5.93. The summed E-state index contributed by atoms with van der Waals surface area (Å²) in [6.07, 6.45) is 3.28. The van der Waals surface area contributed by atoms with Gasteiger partial charge in [-0.1, -0.05) is 62.4 Å².